The summed E-state index contributed by atoms with van der Waals surface area (Å²) in [6.45, 7) is 0.613. The summed E-state index contributed by atoms with van der Waals surface area (Å²) >= 11 is 0. The van der Waals surface area contributed by atoms with Gasteiger partial charge in [-0.3, -0.25) is 0 Å². The Labute approximate surface area is 241 Å². The summed E-state index contributed by atoms with van der Waals surface area (Å²) in [7, 11) is -1.90. The lowest BCUT2D eigenvalue weighted by molar-refractivity contribution is 0.782. The molecular formula is C36H39BN2Si. The van der Waals surface area contributed by atoms with Crippen molar-refractivity contribution in [1.29, 1.82) is 0 Å². The van der Waals surface area contributed by atoms with Gasteiger partial charge in [-0.15, -0.1) is 0 Å². The van der Waals surface area contributed by atoms with Gasteiger partial charge in [-0.2, -0.15) is 0 Å². The Kier molecular flexibility index (Phi) is 8.44. The molecule has 200 valence electrons. The molecule has 2 fully saturated rings. The first-order valence-corrected chi connectivity index (χ1v) is 17.3. The number of hydrogen-bond donors (Lipinski definition) is 0. The summed E-state index contributed by atoms with van der Waals surface area (Å²) in [5.74, 6) is 0.866. The number of hydrogen-bond acceptors (Lipinski definition) is 1. The average Bonchev–Trinajstić information content (AvgIpc) is 3.44. The second kappa shape index (κ2) is 12.7. The second-order valence-electron chi connectivity index (χ2n) is 11.6. The van der Waals surface area contributed by atoms with Crippen molar-refractivity contribution in [1.82, 2.24) is 9.55 Å². The first-order chi connectivity index (χ1) is 19.8. The van der Waals surface area contributed by atoms with Gasteiger partial charge < -0.3 is 4.57 Å². The number of benzene rings is 4. The van der Waals surface area contributed by atoms with E-state index in [4.69, 9.17) is 0 Å². The van der Waals surface area contributed by atoms with Crippen molar-refractivity contribution in [2.24, 2.45) is 0 Å². The van der Waals surface area contributed by atoms with Crippen LogP contribution in [0.1, 0.15) is 38.5 Å². The fraction of sp³-hybridized carbons (Fsp3) is 0.250. The third kappa shape index (κ3) is 5.93. The van der Waals surface area contributed by atoms with E-state index in [2.05, 4.69) is 137 Å². The van der Waals surface area contributed by atoms with Crippen LogP contribution in [0.15, 0.2) is 140 Å². The predicted molar refractivity (Wildman–Crippen MR) is 173 cm³/mol. The van der Waals surface area contributed by atoms with Crippen LogP contribution >= 0.6 is 0 Å². The Bertz CT molecular complexity index is 1340. The van der Waals surface area contributed by atoms with Crippen LogP contribution in [0.5, 0.6) is 0 Å². The van der Waals surface area contributed by atoms with Crippen molar-refractivity contribution < 1.29 is 0 Å². The first kappa shape index (κ1) is 26.6. The SMILES string of the molecule is c1ccc(B(c2ccccc2)C2CC2)cc1.c1ccc([Si](Cn2ccnc2)(c2ccccc2)C2CCCC2)cc1. The van der Waals surface area contributed by atoms with Gasteiger partial charge in [-0.1, -0.05) is 187 Å². The molecule has 0 unspecified atom stereocenters. The van der Waals surface area contributed by atoms with Crippen molar-refractivity contribution in [3.05, 3.63) is 140 Å². The number of rotatable bonds is 8. The largest absolute Gasteiger partial charge is 0.340 e. The van der Waals surface area contributed by atoms with Gasteiger partial charge in [0.15, 0.2) is 0 Å². The summed E-state index contributed by atoms with van der Waals surface area (Å²) in [5.41, 5.74) is 3.75. The zero-order valence-electron chi connectivity index (χ0n) is 23.4. The Morgan fingerprint density at radius 2 is 1.10 bits per heavy atom. The van der Waals surface area contributed by atoms with Gasteiger partial charge in [0.1, 0.15) is 8.07 Å². The third-order valence-electron chi connectivity index (χ3n) is 9.03. The van der Waals surface area contributed by atoms with Crippen LogP contribution in [0.25, 0.3) is 0 Å². The molecule has 1 heterocycles. The van der Waals surface area contributed by atoms with E-state index in [1.165, 1.54) is 49.5 Å². The van der Waals surface area contributed by atoms with Gasteiger partial charge in [-0.25, -0.2) is 4.98 Å². The third-order valence-corrected chi connectivity index (χ3v) is 14.6. The van der Waals surface area contributed by atoms with Gasteiger partial charge in [0.05, 0.1) is 6.33 Å². The average molecular weight is 539 g/mol. The Morgan fingerprint density at radius 1 is 0.625 bits per heavy atom. The molecule has 0 N–H and O–H groups in total. The van der Waals surface area contributed by atoms with Crippen LogP contribution in [0.2, 0.25) is 11.4 Å². The van der Waals surface area contributed by atoms with Gasteiger partial charge >= 0.3 is 0 Å². The summed E-state index contributed by atoms with van der Waals surface area (Å²) < 4.78 is 2.31. The molecule has 2 saturated carbocycles. The van der Waals surface area contributed by atoms with Crippen molar-refractivity contribution in [2.75, 3.05) is 0 Å². The normalized spacial score (nSPS) is 15.3. The van der Waals surface area contributed by atoms with Crippen molar-refractivity contribution >= 4 is 36.1 Å². The number of aromatic nitrogens is 2. The van der Waals surface area contributed by atoms with Gasteiger partial charge in [0.2, 0.25) is 6.71 Å². The standard InChI is InChI=1S/C21H24N2Si.C15H15B/c1-3-9-19(10-4-1)24(21-13-7-8-14-21,18-23-16-15-22-17-23)20-11-5-2-6-12-20;1-3-7-13(8-4-1)16(15-11-12-15)14-9-5-2-6-10-14/h1-6,9-12,15-17,21H,7-8,13-14,18H2;1-10,15H,11-12H2. The molecule has 0 amide bonds. The van der Waals surface area contributed by atoms with E-state index in [-0.39, 0.29) is 0 Å². The maximum Gasteiger partial charge on any atom is 0.212 e. The molecule has 0 aliphatic heterocycles. The lowest BCUT2D eigenvalue weighted by Gasteiger charge is -2.38. The smallest absolute Gasteiger partial charge is 0.212 e. The molecule has 0 spiro atoms. The van der Waals surface area contributed by atoms with Gasteiger partial charge in [0.25, 0.3) is 0 Å². The Balaban J connectivity index is 0.000000157. The van der Waals surface area contributed by atoms with Crippen LogP contribution in [-0.4, -0.2) is 24.3 Å². The molecule has 2 aliphatic rings. The van der Waals surface area contributed by atoms with Gasteiger partial charge in [-0.05, 0) is 5.54 Å². The fourth-order valence-electron chi connectivity index (χ4n) is 6.99. The zero-order valence-corrected chi connectivity index (χ0v) is 24.4. The monoisotopic (exact) mass is 538 g/mol. The van der Waals surface area contributed by atoms with E-state index in [0.717, 1.165) is 17.5 Å². The molecule has 0 bridgehead atoms. The lowest BCUT2D eigenvalue weighted by Crippen LogP contribution is -2.64. The topological polar surface area (TPSA) is 17.8 Å². The summed E-state index contributed by atoms with van der Waals surface area (Å²) in [6, 6.07) is 44.4. The molecule has 1 aromatic heterocycles. The van der Waals surface area contributed by atoms with E-state index >= 15 is 0 Å². The fourth-order valence-corrected chi connectivity index (χ4v) is 12.6. The molecule has 0 radical (unpaired) electrons. The minimum Gasteiger partial charge on any atom is -0.340 e. The maximum atomic E-state index is 4.31. The van der Waals surface area contributed by atoms with Crippen LogP contribution in [0, 0.1) is 0 Å². The molecular weight excluding hydrogens is 499 g/mol. The molecule has 40 heavy (non-hydrogen) atoms. The van der Waals surface area contributed by atoms with E-state index in [1.54, 1.807) is 10.4 Å². The predicted octanol–water partition coefficient (Wildman–Crippen LogP) is 6.09. The van der Waals surface area contributed by atoms with Crippen LogP contribution in [0.3, 0.4) is 0 Å². The van der Waals surface area contributed by atoms with Crippen LogP contribution in [-0.2, 0) is 6.17 Å². The number of imidazole rings is 1. The van der Waals surface area contributed by atoms with E-state index in [9.17, 15) is 0 Å². The van der Waals surface area contributed by atoms with Crippen LogP contribution < -0.4 is 21.3 Å². The van der Waals surface area contributed by atoms with E-state index in [0.29, 0.717) is 6.71 Å². The highest BCUT2D eigenvalue weighted by atomic mass is 28.3. The second-order valence-corrected chi connectivity index (χ2v) is 15.8. The molecule has 5 aromatic rings. The summed E-state index contributed by atoms with van der Waals surface area (Å²) in [4.78, 5) is 4.31. The molecule has 0 atom stereocenters. The zero-order chi connectivity index (χ0) is 27.0. The highest BCUT2D eigenvalue weighted by Crippen LogP contribution is 2.39. The van der Waals surface area contributed by atoms with E-state index < -0.39 is 8.07 Å². The van der Waals surface area contributed by atoms with Crippen LogP contribution in [0.4, 0.5) is 0 Å². The number of nitrogens with zero attached hydrogens (tertiary/aromatic N) is 2. The van der Waals surface area contributed by atoms with Crippen molar-refractivity contribution in [2.45, 2.75) is 56.1 Å². The van der Waals surface area contributed by atoms with Gasteiger partial charge in [0, 0.05) is 18.6 Å². The van der Waals surface area contributed by atoms with Crippen molar-refractivity contribution in [3.8, 4) is 0 Å². The minimum atomic E-state index is -1.90. The molecule has 2 aliphatic carbocycles. The summed E-state index contributed by atoms with van der Waals surface area (Å²) in [6.07, 6.45) is 15.4. The molecule has 4 aromatic carbocycles. The van der Waals surface area contributed by atoms with E-state index in [1.807, 2.05) is 12.5 Å². The first-order valence-electron chi connectivity index (χ1n) is 15.0. The molecule has 2 nitrogen and oxygen atoms in total. The Hall–Kier alpha value is -3.63. The molecule has 4 heteroatoms. The highest BCUT2D eigenvalue weighted by molar-refractivity contribution is 7.02. The quantitative estimate of drug-likeness (QED) is 0.219. The van der Waals surface area contributed by atoms with Crippen molar-refractivity contribution in [3.63, 3.8) is 0 Å². The Morgan fingerprint density at radius 3 is 1.52 bits per heavy atom. The highest BCUT2D eigenvalue weighted by Gasteiger charge is 2.45. The lowest BCUT2D eigenvalue weighted by atomic mass is 9.37. The molecule has 0 saturated heterocycles. The molecule has 7 rings (SSSR count). The minimum absolute atomic E-state index is 0.613. The maximum absolute atomic E-state index is 4.31. The summed E-state index contributed by atoms with van der Waals surface area (Å²) in [5, 5.41) is 3.13.